The standard InChI is InChI=1S/C14H20N4S/c1-4-6-8-15-13-12-11(10(3)9-19-12)17-14(18-13)16-7-5-2/h5,9H,2,4,6-8H2,1,3H3,(H2,15,16,17,18). The number of aryl methyl sites for hydroxylation is 1. The maximum absolute atomic E-state index is 4.56. The Hall–Kier alpha value is -1.62. The second kappa shape index (κ2) is 6.52. The number of fused-ring (bicyclic) bond motifs is 1. The molecule has 2 N–H and O–H groups in total. The zero-order valence-electron chi connectivity index (χ0n) is 11.5. The van der Waals surface area contributed by atoms with Crippen LogP contribution in [0.5, 0.6) is 0 Å². The Morgan fingerprint density at radius 2 is 2.21 bits per heavy atom. The zero-order chi connectivity index (χ0) is 13.7. The molecule has 0 spiro atoms. The van der Waals surface area contributed by atoms with Gasteiger partial charge < -0.3 is 10.6 Å². The quantitative estimate of drug-likeness (QED) is 0.596. The molecule has 0 fully saturated rings. The van der Waals surface area contributed by atoms with E-state index in [1.807, 2.05) is 0 Å². The lowest BCUT2D eigenvalue weighted by Gasteiger charge is -2.09. The van der Waals surface area contributed by atoms with Crippen molar-refractivity contribution >= 4 is 33.3 Å². The molecule has 0 saturated carbocycles. The minimum Gasteiger partial charge on any atom is -0.369 e. The van der Waals surface area contributed by atoms with Crippen molar-refractivity contribution in [3.8, 4) is 0 Å². The van der Waals surface area contributed by atoms with Crippen molar-refractivity contribution in [1.82, 2.24) is 9.97 Å². The number of nitrogens with zero attached hydrogens (tertiary/aromatic N) is 2. The molecule has 0 amide bonds. The predicted octanol–water partition coefficient (Wildman–Crippen LogP) is 3.81. The molecule has 4 nitrogen and oxygen atoms in total. The summed E-state index contributed by atoms with van der Waals surface area (Å²) in [5.74, 6) is 1.59. The first kappa shape index (κ1) is 13.8. The molecule has 0 aliphatic heterocycles. The van der Waals surface area contributed by atoms with Gasteiger partial charge in [0.25, 0.3) is 0 Å². The normalized spacial score (nSPS) is 10.6. The highest BCUT2D eigenvalue weighted by Gasteiger charge is 2.10. The smallest absolute Gasteiger partial charge is 0.225 e. The highest BCUT2D eigenvalue weighted by atomic mass is 32.1. The molecule has 0 atom stereocenters. The van der Waals surface area contributed by atoms with E-state index in [-0.39, 0.29) is 0 Å². The largest absolute Gasteiger partial charge is 0.369 e. The molecule has 5 heteroatoms. The van der Waals surface area contributed by atoms with Crippen LogP contribution in [0.4, 0.5) is 11.8 Å². The van der Waals surface area contributed by atoms with Crippen molar-refractivity contribution in [2.75, 3.05) is 23.7 Å². The van der Waals surface area contributed by atoms with E-state index in [1.54, 1.807) is 17.4 Å². The van der Waals surface area contributed by atoms with E-state index in [4.69, 9.17) is 0 Å². The topological polar surface area (TPSA) is 49.8 Å². The molecule has 0 aliphatic rings. The van der Waals surface area contributed by atoms with Gasteiger partial charge in [-0.15, -0.1) is 17.9 Å². The van der Waals surface area contributed by atoms with Crippen molar-refractivity contribution in [3.05, 3.63) is 23.6 Å². The van der Waals surface area contributed by atoms with Gasteiger partial charge in [0.15, 0.2) is 0 Å². The van der Waals surface area contributed by atoms with Crippen LogP contribution in [0.3, 0.4) is 0 Å². The Labute approximate surface area is 118 Å². The van der Waals surface area contributed by atoms with Gasteiger partial charge in [0.2, 0.25) is 5.95 Å². The van der Waals surface area contributed by atoms with E-state index < -0.39 is 0 Å². The van der Waals surface area contributed by atoms with Gasteiger partial charge in [0.05, 0.1) is 10.2 Å². The van der Waals surface area contributed by atoms with Crippen molar-refractivity contribution in [3.63, 3.8) is 0 Å². The van der Waals surface area contributed by atoms with Gasteiger partial charge in [-0.05, 0) is 24.3 Å². The molecule has 0 saturated heterocycles. The molecule has 19 heavy (non-hydrogen) atoms. The minimum atomic E-state index is 0.660. The van der Waals surface area contributed by atoms with E-state index in [0.29, 0.717) is 12.5 Å². The van der Waals surface area contributed by atoms with Gasteiger partial charge in [-0.1, -0.05) is 19.4 Å². The SMILES string of the molecule is C=CCNc1nc(NCCCC)c2scc(C)c2n1. The van der Waals surface area contributed by atoms with E-state index >= 15 is 0 Å². The number of thiophene rings is 1. The van der Waals surface area contributed by atoms with Gasteiger partial charge in [-0.25, -0.2) is 4.98 Å². The van der Waals surface area contributed by atoms with Crippen molar-refractivity contribution in [1.29, 1.82) is 0 Å². The van der Waals surface area contributed by atoms with Gasteiger partial charge >= 0.3 is 0 Å². The van der Waals surface area contributed by atoms with Crippen LogP contribution >= 0.6 is 11.3 Å². The first-order valence-corrected chi connectivity index (χ1v) is 7.48. The molecular weight excluding hydrogens is 256 g/mol. The monoisotopic (exact) mass is 276 g/mol. The summed E-state index contributed by atoms with van der Waals surface area (Å²) in [6.07, 6.45) is 4.12. The third kappa shape index (κ3) is 3.23. The minimum absolute atomic E-state index is 0.660. The van der Waals surface area contributed by atoms with Crippen molar-refractivity contribution in [2.24, 2.45) is 0 Å². The maximum atomic E-state index is 4.56. The Balaban J connectivity index is 2.32. The average Bonchev–Trinajstić information content (AvgIpc) is 2.79. The summed E-state index contributed by atoms with van der Waals surface area (Å²) in [6.45, 7) is 9.58. The van der Waals surface area contributed by atoms with Crippen LogP contribution in [0, 0.1) is 6.92 Å². The van der Waals surface area contributed by atoms with Crippen LogP contribution in [0.1, 0.15) is 25.3 Å². The fourth-order valence-corrected chi connectivity index (χ4v) is 2.73. The summed E-state index contributed by atoms with van der Waals surface area (Å²) < 4.78 is 1.14. The van der Waals surface area contributed by atoms with E-state index in [2.05, 4.69) is 46.4 Å². The molecule has 0 unspecified atom stereocenters. The van der Waals surface area contributed by atoms with Crippen molar-refractivity contribution in [2.45, 2.75) is 26.7 Å². The Kier molecular flexibility index (Phi) is 4.74. The lowest BCUT2D eigenvalue weighted by molar-refractivity contribution is 0.832. The number of hydrogen-bond acceptors (Lipinski definition) is 5. The predicted molar refractivity (Wildman–Crippen MR) is 84.2 cm³/mol. The van der Waals surface area contributed by atoms with E-state index in [0.717, 1.165) is 29.0 Å². The molecule has 2 rings (SSSR count). The fourth-order valence-electron chi connectivity index (χ4n) is 1.78. The molecule has 2 aromatic rings. The highest BCUT2D eigenvalue weighted by molar-refractivity contribution is 7.18. The van der Waals surface area contributed by atoms with Gasteiger partial charge in [0.1, 0.15) is 5.82 Å². The Bertz CT molecular complexity index is 562. The molecule has 2 heterocycles. The number of nitrogens with one attached hydrogen (secondary N) is 2. The van der Waals surface area contributed by atoms with E-state index in [1.165, 1.54) is 12.0 Å². The van der Waals surface area contributed by atoms with Crippen molar-refractivity contribution < 1.29 is 0 Å². The number of rotatable bonds is 7. The molecule has 0 aliphatic carbocycles. The summed E-state index contributed by atoms with van der Waals surface area (Å²) in [7, 11) is 0. The zero-order valence-corrected chi connectivity index (χ0v) is 12.3. The summed E-state index contributed by atoms with van der Waals surface area (Å²) in [5, 5.41) is 8.70. The van der Waals surface area contributed by atoms with E-state index in [9.17, 15) is 0 Å². The number of hydrogen-bond donors (Lipinski definition) is 2. The fraction of sp³-hybridized carbons (Fsp3) is 0.429. The summed E-state index contributed by atoms with van der Waals surface area (Å²) in [6, 6.07) is 0. The maximum Gasteiger partial charge on any atom is 0.225 e. The lowest BCUT2D eigenvalue weighted by atomic mass is 10.3. The second-order valence-corrected chi connectivity index (χ2v) is 5.32. The molecule has 2 aromatic heterocycles. The third-order valence-corrected chi connectivity index (χ3v) is 3.91. The first-order chi connectivity index (χ1) is 9.26. The van der Waals surface area contributed by atoms with Gasteiger partial charge in [0, 0.05) is 13.1 Å². The van der Waals surface area contributed by atoms with Crippen LogP contribution in [-0.4, -0.2) is 23.1 Å². The van der Waals surface area contributed by atoms with Gasteiger partial charge in [-0.3, -0.25) is 0 Å². The number of anilines is 2. The van der Waals surface area contributed by atoms with Crippen LogP contribution in [-0.2, 0) is 0 Å². The molecule has 0 bridgehead atoms. The number of unbranched alkanes of at least 4 members (excludes halogenated alkanes) is 1. The highest BCUT2D eigenvalue weighted by Crippen LogP contribution is 2.30. The Morgan fingerprint density at radius 1 is 1.37 bits per heavy atom. The third-order valence-electron chi connectivity index (χ3n) is 2.82. The summed E-state index contributed by atoms with van der Waals surface area (Å²) >= 11 is 1.70. The van der Waals surface area contributed by atoms with Crippen LogP contribution in [0.2, 0.25) is 0 Å². The molecule has 102 valence electrons. The van der Waals surface area contributed by atoms with Crippen LogP contribution in [0.15, 0.2) is 18.0 Å². The second-order valence-electron chi connectivity index (χ2n) is 4.44. The molecule has 0 aromatic carbocycles. The Morgan fingerprint density at radius 3 is 2.95 bits per heavy atom. The van der Waals surface area contributed by atoms with Crippen LogP contribution in [0.25, 0.3) is 10.2 Å². The first-order valence-electron chi connectivity index (χ1n) is 6.60. The molecule has 0 radical (unpaired) electrons. The van der Waals surface area contributed by atoms with Crippen LogP contribution < -0.4 is 10.6 Å². The summed E-state index contributed by atoms with van der Waals surface area (Å²) in [5.41, 5.74) is 2.23. The lowest BCUT2D eigenvalue weighted by Crippen LogP contribution is -2.08. The number of aromatic nitrogens is 2. The van der Waals surface area contributed by atoms with Gasteiger partial charge in [-0.2, -0.15) is 4.98 Å². The molecular formula is C14H20N4S. The average molecular weight is 276 g/mol. The summed E-state index contributed by atoms with van der Waals surface area (Å²) in [4.78, 5) is 9.11.